The lowest BCUT2D eigenvalue weighted by Gasteiger charge is -2.22. The van der Waals surface area contributed by atoms with Crippen LogP contribution >= 0.6 is 0 Å². The average molecular weight is 542 g/mol. The van der Waals surface area contributed by atoms with Crippen molar-refractivity contribution in [1.29, 1.82) is 0 Å². The first-order valence-corrected chi connectivity index (χ1v) is 16.4. The van der Waals surface area contributed by atoms with Crippen molar-refractivity contribution >= 4 is 25.2 Å². The first-order chi connectivity index (χ1) is 19.6. The minimum absolute atomic E-state index is 0.0381. The summed E-state index contributed by atoms with van der Waals surface area (Å²) in [6.45, 7) is 9.93. The zero-order chi connectivity index (χ0) is 27.6. The predicted molar refractivity (Wildman–Crippen MR) is 166 cm³/mol. The highest BCUT2D eigenvalue weighted by Gasteiger charge is 2.75. The van der Waals surface area contributed by atoms with Gasteiger partial charge in [0.05, 0.1) is 26.4 Å². The maximum absolute atomic E-state index is 5.98. The average Bonchev–Trinajstić information content (AvgIpc) is 3.58. The number of benzene rings is 2. The first kappa shape index (κ1) is 28.5. The minimum Gasteiger partial charge on any atom is -0.405 e. The molecule has 3 fully saturated rings. The Bertz CT molecular complexity index is 1090. The second-order valence-electron chi connectivity index (χ2n) is 12.9. The van der Waals surface area contributed by atoms with E-state index < -0.39 is 0 Å². The highest BCUT2D eigenvalue weighted by molar-refractivity contribution is 6.62. The standard InChI is InChI=1S/C34H48B2O4/c1-4-6-8-10-12-14-32-33(3,19-13-11-9-7-5-2)34(32)30-24-26(35-37-20-21-38-35)15-17-28(30)29-18-16-27(25-31(29)34)36-39-22-23-40-36/h15-18,24-25,32H,4-14,19-23H2,1-3H3. The van der Waals surface area contributed by atoms with Crippen LogP contribution in [0.15, 0.2) is 36.4 Å². The molecule has 2 heterocycles. The zero-order valence-electron chi connectivity index (χ0n) is 25.1. The Kier molecular flexibility index (Phi) is 8.80. The molecule has 4 nitrogen and oxygen atoms in total. The Labute approximate surface area is 243 Å². The molecular formula is C34H48B2O4. The summed E-state index contributed by atoms with van der Waals surface area (Å²) in [6.07, 6.45) is 15.9. The van der Waals surface area contributed by atoms with Gasteiger partial charge in [-0.3, -0.25) is 0 Å². The lowest BCUT2D eigenvalue weighted by atomic mass is 9.74. The molecule has 0 bridgehead atoms. The van der Waals surface area contributed by atoms with E-state index in [4.69, 9.17) is 18.6 Å². The maximum atomic E-state index is 5.98. The van der Waals surface area contributed by atoms with Crippen LogP contribution in [0, 0.1) is 11.3 Å². The van der Waals surface area contributed by atoms with E-state index in [9.17, 15) is 0 Å². The number of hydrogen-bond donors (Lipinski definition) is 0. The molecule has 40 heavy (non-hydrogen) atoms. The lowest BCUT2D eigenvalue weighted by Crippen LogP contribution is -2.33. The monoisotopic (exact) mass is 542 g/mol. The molecule has 2 aromatic rings. The zero-order valence-corrected chi connectivity index (χ0v) is 25.1. The van der Waals surface area contributed by atoms with Crippen molar-refractivity contribution in [2.45, 2.75) is 103 Å². The van der Waals surface area contributed by atoms with Crippen molar-refractivity contribution in [3.8, 4) is 11.1 Å². The minimum atomic E-state index is -0.242. The number of fused-ring (bicyclic) bond motifs is 5. The van der Waals surface area contributed by atoms with Gasteiger partial charge in [0.25, 0.3) is 0 Å². The highest BCUT2D eigenvalue weighted by atomic mass is 16.6. The van der Waals surface area contributed by atoms with Crippen LogP contribution in [-0.2, 0) is 24.0 Å². The Hall–Kier alpha value is -1.59. The molecule has 214 valence electrons. The van der Waals surface area contributed by atoms with Crippen molar-refractivity contribution in [3.63, 3.8) is 0 Å². The molecule has 2 aliphatic heterocycles. The molecule has 0 N–H and O–H groups in total. The van der Waals surface area contributed by atoms with Crippen molar-refractivity contribution in [3.05, 3.63) is 47.5 Å². The quantitative estimate of drug-likeness (QED) is 0.195. The molecule has 6 rings (SSSR count). The SMILES string of the molecule is CCCCCCCC1C(C)(CCCCCCC)C12c1cc(B3OCCO3)ccc1-c1ccc(B3OCCO3)cc12. The number of hydrogen-bond acceptors (Lipinski definition) is 4. The molecule has 1 spiro atoms. The summed E-state index contributed by atoms with van der Waals surface area (Å²) in [6, 6.07) is 14.1. The van der Waals surface area contributed by atoms with Gasteiger partial charge in [-0.2, -0.15) is 0 Å². The van der Waals surface area contributed by atoms with Gasteiger partial charge in [-0.15, -0.1) is 0 Å². The van der Waals surface area contributed by atoms with E-state index in [2.05, 4.69) is 57.2 Å². The molecule has 2 aromatic carbocycles. The van der Waals surface area contributed by atoms with Crippen molar-refractivity contribution < 1.29 is 18.6 Å². The van der Waals surface area contributed by atoms with E-state index >= 15 is 0 Å². The van der Waals surface area contributed by atoms with Crippen LogP contribution in [0.1, 0.15) is 109 Å². The van der Waals surface area contributed by atoms with E-state index in [1.807, 2.05) is 0 Å². The fourth-order valence-electron chi connectivity index (χ4n) is 8.51. The van der Waals surface area contributed by atoms with Crippen LogP contribution in [-0.4, -0.2) is 40.7 Å². The molecule has 0 amide bonds. The Balaban J connectivity index is 1.39. The van der Waals surface area contributed by atoms with Gasteiger partial charge >= 0.3 is 14.2 Å². The fraction of sp³-hybridized carbons (Fsp3) is 0.647. The molecule has 2 saturated heterocycles. The molecule has 2 atom stereocenters. The number of unbranched alkanes of at least 4 members (excludes halogenated alkanes) is 8. The van der Waals surface area contributed by atoms with E-state index in [0.29, 0.717) is 32.3 Å². The van der Waals surface area contributed by atoms with Crippen molar-refractivity contribution in [2.75, 3.05) is 26.4 Å². The van der Waals surface area contributed by atoms with Gasteiger partial charge in [0.15, 0.2) is 0 Å². The van der Waals surface area contributed by atoms with Crippen LogP contribution in [0.4, 0.5) is 0 Å². The van der Waals surface area contributed by atoms with Crippen molar-refractivity contribution in [2.24, 2.45) is 11.3 Å². The third-order valence-corrected chi connectivity index (χ3v) is 10.5. The summed E-state index contributed by atoms with van der Waals surface area (Å²) >= 11 is 0. The fourth-order valence-corrected chi connectivity index (χ4v) is 8.51. The molecule has 2 unspecified atom stereocenters. The maximum Gasteiger partial charge on any atom is 0.494 e. The summed E-state index contributed by atoms with van der Waals surface area (Å²) in [5.41, 5.74) is 8.46. The third-order valence-electron chi connectivity index (χ3n) is 10.5. The largest absolute Gasteiger partial charge is 0.494 e. The van der Waals surface area contributed by atoms with Crippen LogP contribution in [0.2, 0.25) is 0 Å². The highest BCUT2D eigenvalue weighted by Crippen LogP contribution is 2.79. The Morgan fingerprint density at radius 3 is 1.62 bits per heavy atom. The van der Waals surface area contributed by atoms with Crippen LogP contribution in [0.5, 0.6) is 0 Å². The topological polar surface area (TPSA) is 36.9 Å². The van der Waals surface area contributed by atoms with Gasteiger partial charge in [0, 0.05) is 5.41 Å². The van der Waals surface area contributed by atoms with E-state index in [1.165, 1.54) is 110 Å². The van der Waals surface area contributed by atoms with Gasteiger partial charge < -0.3 is 18.6 Å². The summed E-state index contributed by atoms with van der Waals surface area (Å²) in [7, 11) is -0.484. The molecule has 6 heteroatoms. The van der Waals surface area contributed by atoms with Crippen LogP contribution < -0.4 is 10.9 Å². The normalized spacial score (nSPS) is 24.2. The van der Waals surface area contributed by atoms with Crippen LogP contribution in [0.25, 0.3) is 11.1 Å². The molecule has 1 saturated carbocycles. The van der Waals surface area contributed by atoms with E-state index in [-0.39, 0.29) is 25.1 Å². The smallest absolute Gasteiger partial charge is 0.405 e. The van der Waals surface area contributed by atoms with E-state index in [0.717, 1.165) is 0 Å². The summed E-state index contributed by atoms with van der Waals surface area (Å²) < 4.78 is 23.9. The van der Waals surface area contributed by atoms with Gasteiger partial charge in [-0.05, 0) is 57.4 Å². The van der Waals surface area contributed by atoms with Gasteiger partial charge in [0.1, 0.15) is 0 Å². The molecule has 4 aliphatic rings. The molecule has 2 aliphatic carbocycles. The third kappa shape index (κ3) is 4.91. The first-order valence-electron chi connectivity index (χ1n) is 16.4. The molecule has 0 radical (unpaired) electrons. The summed E-state index contributed by atoms with van der Waals surface area (Å²) in [5, 5.41) is 0. The molecule has 0 aromatic heterocycles. The number of rotatable bonds is 14. The summed E-state index contributed by atoms with van der Waals surface area (Å²) in [4.78, 5) is 0. The predicted octanol–water partition coefficient (Wildman–Crippen LogP) is 6.79. The Morgan fingerprint density at radius 2 is 1.12 bits per heavy atom. The van der Waals surface area contributed by atoms with Crippen molar-refractivity contribution in [1.82, 2.24) is 0 Å². The second-order valence-corrected chi connectivity index (χ2v) is 12.9. The van der Waals surface area contributed by atoms with Crippen LogP contribution in [0.3, 0.4) is 0 Å². The second kappa shape index (κ2) is 12.3. The van der Waals surface area contributed by atoms with Gasteiger partial charge in [-0.1, -0.05) is 121 Å². The van der Waals surface area contributed by atoms with Gasteiger partial charge in [-0.25, -0.2) is 0 Å². The Morgan fingerprint density at radius 1 is 0.650 bits per heavy atom. The van der Waals surface area contributed by atoms with E-state index in [1.54, 1.807) is 0 Å². The summed E-state index contributed by atoms with van der Waals surface area (Å²) in [5.74, 6) is 0.647. The van der Waals surface area contributed by atoms with Gasteiger partial charge in [0.2, 0.25) is 0 Å². The lowest BCUT2D eigenvalue weighted by molar-refractivity contribution is 0.365. The molecular weight excluding hydrogens is 494 g/mol.